The van der Waals surface area contributed by atoms with Crippen LogP contribution in [0, 0.1) is 11.8 Å². The summed E-state index contributed by atoms with van der Waals surface area (Å²) in [5, 5.41) is 3.69. The van der Waals surface area contributed by atoms with Crippen LogP contribution in [0.2, 0.25) is 0 Å². The van der Waals surface area contributed by atoms with Gasteiger partial charge in [-0.2, -0.15) is 0 Å². The zero-order valence-electron chi connectivity index (χ0n) is 12.2. The highest BCUT2D eigenvalue weighted by Gasteiger charge is 2.32. The lowest BCUT2D eigenvalue weighted by atomic mass is 9.75. The molecule has 1 unspecified atom stereocenters. The molecule has 0 aromatic carbocycles. The van der Waals surface area contributed by atoms with Crippen LogP contribution >= 0.6 is 0 Å². The first kappa shape index (κ1) is 15.0. The second kappa shape index (κ2) is 8.10. The highest BCUT2D eigenvalue weighted by Crippen LogP contribution is 2.35. The van der Waals surface area contributed by atoms with Crippen molar-refractivity contribution in [2.75, 3.05) is 13.2 Å². The Hall–Kier alpha value is -0.0800. The van der Waals surface area contributed by atoms with E-state index in [1.54, 1.807) is 0 Å². The van der Waals surface area contributed by atoms with Gasteiger partial charge >= 0.3 is 0 Å². The van der Waals surface area contributed by atoms with E-state index in [1.807, 2.05) is 0 Å². The van der Waals surface area contributed by atoms with Gasteiger partial charge in [-0.25, -0.2) is 0 Å². The minimum atomic E-state index is 0.564. The Balaban J connectivity index is 2.30. The van der Waals surface area contributed by atoms with E-state index in [0.29, 0.717) is 6.10 Å². The van der Waals surface area contributed by atoms with E-state index < -0.39 is 0 Å². The van der Waals surface area contributed by atoms with Crippen molar-refractivity contribution in [3.05, 3.63) is 0 Å². The van der Waals surface area contributed by atoms with E-state index in [0.717, 1.165) is 31.0 Å². The van der Waals surface area contributed by atoms with Gasteiger partial charge in [0.15, 0.2) is 0 Å². The molecule has 1 aliphatic rings. The Morgan fingerprint density at radius 2 is 1.76 bits per heavy atom. The van der Waals surface area contributed by atoms with Gasteiger partial charge in [0.25, 0.3) is 0 Å². The number of ether oxygens (including phenoxy) is 1. The average molecular weight is 241 g/mol. The highest BCUT2D eigenvalue weighted by atomic mass is 16.5. The van der Waals surface area contributed by atoms with Gasteiger partial charge in [-0.3, -0.25) is 0 Å². The van der Waals surface area contributed by atoms with Crippen LogP contribution in [0.25, 0.3) is 0 Å². The molecular formula is C15H31NO. The van der Waals surface area contributed by atoms with Gasteiger partial charge in [0.05, 0.1) is 6.10 Å². The molecule has 0 aromatic heterocycles. The Bertz CT molecular complexity index is 185. The molecule has 1 aliphatic carbocycles. The molecule has 1 rings (SSSR count). The second-order valence-corrected chi connectivity index (χ2v) is 5.39. The number of rotatable bonds is 9. The molecule has 0 aromatic rings. The van der Waals surface area contributed by atoms with Gasteiger partial charge in [0.2, 0.25) is 0 Å². The molecule has 2 nitrogen and oxygen atoms in total. The average Bonchev–Trinajstić information content (AvgIpc) is 2.28. The lowest BCUT2D eigenvalue weighted by Gasteiger charge is -2.39. The van der Waals surface area contributed by atoms with E-state index in [-0.39, 0.29) is 0 Å². The summed E-state index contributed by atoms with van der Waals surface area (Å²) in [6, 6.07) is 0.725. The fraction of sp³-hybridized carbons (Fsp3) is 1.00. The molecule has 0 radical (unpaired) electrons. The molecule has 0 heterocycles. The van der Waals surface area contributed by atoms with E-state index in [1.165, 1.54) is 32.1 Å². The maximum Gasteiger partial charge on any atom is 0.0580 e. The van der Waals surface area contributed by atoms with Crippen molar-refractivity contribution < 1.29 is 4.74 Å². The van der Waals surface area contributed by atoms with Crippen molar-refractivity contribution in [3.8, 4) is 0 Å². The predicted molar refractivity (Wildman–Crippen MR) is 74.3 cm³/mol. The Morgan fingerprint density at radius 3 is 2.24 bits per heavy atom. The maximum atomic E-state index is 5.64. The molecule has 0 amide bonds. The van der Waals surface area contributed by atoms with E-state index in [2.05, 4.69) is 33.0 Å². The molecule has 1 atom stereocenters. The van der Waals surface area contributed by atoms with Crippen LogP contribution in [-0.4, -0.2) is 25.3 Å². The monoisotopic (exact) mass is 241 g/mol. The molecule has 1 N–H and O–H groups in total. The van der Waals surface area contributed by atoms with E-state index in [9.17, 15) is 0 Å². The van der Waals surface area contributed by atoms with E-state index >= 15 is 0 Å². The first-order chi connectivity index (χ1) is 8.24. The molecule has 0 bridgehead atoms. The maximum absolute atomic E-state index is 5.64. The number of hydrogen-bond acceptors (Lipinski definition) is 2. The predicted octanol–water partition coefficient (Wildman–Crippen LogP) is 3.61. The standard InChI is InChI=1S/C15H31NO/c1-5-13(6-2)15(16-7-3)11-12-9-14(10-12)17-8-4/h12-16H,5-11H2,1-4H3. The first-order valence-corrected chi connectivity index (χ1v) is 7.59. The van der Waals surface area contributed by atoms with Crippen LogP contribution in [0.3, 0.4) is 0 Å². The van der Waals surface area contributed by atoms with Crippen LogP contribution in [0.15, 0.2) is 0 Å². The first-order valence-electron chi connectivity index (χ1n) is 7.59. The zero-order valence-corrected chi connectivity index (χ0v) is 12.2. The number of hydrogen-bond donors (Lipinski definition) is 1. The van der Waals surface area contributed by atoms with Crippen molar-refractivity contribution in [2.24, 2.45) is 11.8 Å². The minimum Gasteiger partial charge on any atom is -0.378 e. The molecule has 17 heavy (non-hydrogen) atoms. The summed E-state index contributed by atoms with van der Waals surface area (Å²) >= 11 is 0. The third-order valence-electron chi connectivity index (χ3n) is 4.27. The topological polar surface area (TPSA) is 21.3 Å². The fourth-order valence-corrected chi connectivity index (χ4v) is 3.16. The second-order valence-electron chi connectivity index (χ2n) is 5.39. The van der Waals surface area contributed by atoms with E-state index in [4.69, 9.17) is 4.74 Å². The quantitative estimate of drug-likeness (QED) is 0.666. The summed E-state index contributed by atoms with van der Waals surface area (Å²) in [5.41, 5.74) is 0. The van der Waals surface area contributed by atoms with Gasteiger partial charge in [-0.05, 0) is 44.6 Å². The Labute approximate surface area is 108 Å². The molecule has 0 saturated heterocycles. The molecular weight excluding hydrogens is 210 g/mol. The smallest absolute Gasteiger partial charge is 0.0580 e. The number of nitrogens with one attached hydrogen (secondary N) is 1. The lowest BCUT2D eigenvalue weighted by Crippen LogP contribution is -2.41. The fourth-order valence-electron chi connectivity index (χ4n) is 3.16. The van der Waals surface area contributed by atoms with Crippen LogP contribution < -0.4 is 5.32 Å². The summed E-state index contributed by atoms with van der Waals surface area (Å²) in [7, 11) is 0. The van der Waals surface area contributed by atoms with Crippen LogP contribution in [-0.2, 0) is 4.74 Å². The summed E-state index contributed by atoms with van der Waals surface area (Å²) in [4.78, 5) is 0. The van der Waals surface area contributed by atoms with Crippen LogP contribution in [0.4, 0.5) is 0 Å². The van der Waals surface area contributed by atoms with Crippen molar-refractivity contribution in [1.29, 1.82) is 0 Å². The molecule has 1 fully saturated rings. The zero-order chi connectivity index (χ0) is 12.7. The normalized spacial score (nSPS) is 25.9. The molecule has 1 saturated carbocycles. The molecule has 0 spiro atoms. The van der Waals surface area contributed by atoms with Crippen molar-refractivity contribution in [2.45, 2.75) is 71.9 Å². The van der Waals surface area contributed by atoms with Gasteiger partial charge in [0, 0.05) is 12.6 Å². The van der Waals surface area contributed by atoms with Crippen molar-refractivity contribution in [3.63, 3.8) is 0 Å². The minimum absolute atomic E-state index is 0.564. The van der Waals surface area contributed by atoms with Gasteiger partial charge < -0.3 is 10.1 Å². The highest BCUT2D eigenvalue weighted by molar-refractivity contribution is 4.86. The summed E-state index contributed by atoms with van der Waals surface area (Å²) < 4.78 is 5.64. The summed E-state index contributed by atoms with van der Waals surface area (Å²) in [6.45, 7) is 10.9. The van der Waals surface area contributed by atoms with Crippen molar-refractivity contribution >= 4 is 0 Å². The SMILES string of the molecule is CCNC(CC1CC(OCC)C1)C(CC)CC. The largest absolute Gasteiger partial charge is 0.378 e. The van der Waals surface area contributed by atoms with Gasteiger partial charge in [0.1, 0.15) is 0 Å². The summed E-state index contributed by atoms with van der Waals surface area (Å²) in [5.74, 6) is 1.75. The van der Waals surface area contributed by atoms with Gasteiger partial charge in [-0.1, -0.05) is 33.6 Å². The van der Waals surface area contributed by atoms with Crippen LogP contribution in [0.1, 0.15) is 59.8 Å². The lowest BCUT2D eigenvalue weighted by molar-refractivity contribution is -0.0308. The van der Waals surface area contributed by atoms with Crippen LogP contribution in [0.5, 0.6) is 0 Å². The van der Waals surface area contributed by atoms with Crippen molar-refractivity contribution in [1.82, 2.24) is 5.32 Å². The molecule has 0 aliphatic heterocycles. The Kier molecular flexibility index (Phi) is 7.14. The third-order valence-corrected chi connectivity index (χ3v) is 4.27. The molecule has 2 heteroatoms. The Morgan fingerprint density at radius 1 is 1.12 bits per heavy atom. The third kappa shape index (κ3) is 4.59. The molecule has 102 valence electrons. The van der Waals surface area contributed by atoms with Gasteiger partial charge in [-0.15, -0.1) is 0 Å². The summed E-state index contributed by atoms with van der Waals surface area (Å²) in [6.07, 6.45) is 7.09.